The molecule has 16 heavy (non-hydrogen) atoms. The highest BCUT2D eigenvalue weighted by molar-refractivity contribution is 5.91. The van der Waals surface area contributed by atoms with Gasteiger partial charge < -0.3 is 5.11 Å². The molecule has 2 heteroatoms. The van der Waals surface area contributed by atoms with Gasteiger partial charge in [-0.1, -0.05) is 48.6 Å². The number of aliphatic carboxylic acids is 1. The van der Waals surface area contributed by atoms with E-state index < -0.39 is 5.97 Å². The van der Waals surface area contributed by atoms with Gasteiger partial charge in [0, 0.05) is 0 Å². The van der Waals surface area contributed by atoms with Crippen molar-refractivity contribution in [3.8, 4) is 0 Å². The van der Waals surface area contributed by atoms with E-state index in [4.69, 9.17) is 5.11 Å². The molecule has 1 aromatic carbocycles. The van der Waals surface area contributed by atoms with E-state index in [0.29, 0.717) is 12.0 Å². The molecule has 0 aromatic heterocycles. The van der Waals surface area contributed by atoms with Gasteiger partial charge in [0.15, 0.2) is 0 Å². The number of hydrogen-bond acceptors (Lipinski definition) is 1. The molecule has 1 aliphatic carbocycles. The smallest absolute Gasteiger partial charge is 0.335 e. The van der Waals surface area contributed by atoms with Crippen molar-refractivity contribution in [1.82, 2.24) is 0 Å². The third kappa shape index (κ3) is 2.28. The lowest BCUT2D eigenvalue weighted by Crippen LogP contribution is -1.96. The van der Waals surface area contributed by atoms with E-state index in [1.165, 1.54) is 0 Å². The monoisotopic (exact) mass is 212 g/mol. The fourth-order valence-electron chi connectivity index (χ4n) is 1.63. The van der Waals surface area contributed by atoms with Gasteiger partial charge in [-0.3, -0.25) is 0 Å². The molecule has 0 amide bonds. The third-order valence-corrected chi connectivity index (χ3v) is 2.47. The molecule has 0 heterocycles. The fraction of sp³-hybridized carbons (Fsp3) is 0.0714. The van der Waals surface area contributed by atoms with Crippen LogP contribution >= 0.6 is 0 Å². The van der Waals surface area contributed by atoms with Gasteiger partial charge in [0.1, 0.15) is 0 Å². The van der Waals surface area contributed by atoms with E-state index in [1.807, 2.05) is 42.5 Å². The van der Waals surface area contributed by atoms with Crippen molar-refractivity contribution < 1.29 is 9.90 Å². The fourth-order valence-corrected chi connectivity index (χ4v) is 1.63. The van der Waals surface area contributed by atoms with Crippen molar-refractivity contribution in [2.24, 2.45) is 0 Å². The second kappa shape index (κ2) is 4.62. The molecule has 0 aliphatic heterocycles. The van der Waals surface area contributed by atoms with E-state index in [9.17, 15) is 4.79 Å². The summed E-state index contributed by atoms with van der Waals surface area (Å²) < 4.78 is 0. The first kappa shape index (κ1) is 10.4. The van der Waals surface area contributed by atoms with Crippen LogP contribution in [0.2, 0.25) is 0 Å². The Morgan fingerprint density at radius 3 is 2.50 bits per heavy atom. The number of allylic oxidation sites excluding steroid dienone is 4. The Morgan fingerprint density at radius 1 is 1.06 bits per heavy atom. The van der Waals surface area contributed by atoms with Crippen LogP contribution in [0.5, 0.6) is 0 Å². The molecule has 80 valence electrons. The SMILES string of the molecule is O=C(O)C1=CCC=C(c2ccccc2)C=C1. The molecule has 0 saturated heterocycles. The zero-order valence-corrected chi connectivity index (χ0v) is 8.76. The maximum absolute atomic E-state index is 10.8. The van der Waals surface area contributed by atoms with Crippen molar-refractivity contribution in [3.05, 3.63) is 65.8 Å². The molecule has 1 aliphatic rings. The standard InChI is InChI=1S/C14H12O2/c15-14(16)13-8-4-7-12(9-10-13)11-5-2-1-3-6-11/h1-3,5-10H,4H2,(H,15,16). The van der Waals surface area contributed by atoms with Gasteiger partial charge in [-0.05, 0) is 23.6 Å². The Labute approximate surface area is 94.2 Å². The zero-order valence-electron chi connectivity index (χ0n) is 8.76. The average Bonchev–Trinajstić information content (AvgIpc) is 2.55. The molecule has 0 atom stereocenters. The summed E-state index contributed by atoms with van der Waals surface area (Å²) in [6.07, 6.45) is 7.89. The number of benzene rings is 1. The van der Waals surface area contributed by atoms with Crippen LogP contribution in [-0.4, -0.2) is 11.1 Å². The van der Waals surface area contributed by atoms with Gasteiger partial charge in [-0.15, -0.1) is 0 Å². The molecular formula is C14H12O2. The highest BCUT2D eigenvalue weighted by Crippen LogP contribution is 2.20. The largest absolute Gasteiger partial charge is 0.478 e. The van der Waals surface area contributed by atoms with Crippen molar-refractivity contribution >= 4 is 11.5 Å². The summed E-state index contributed by atoms with van der Waals surface area (Å²) in [5.41, 5.74) is 2.52. The molecular weight excluding hydrogens is 200 g/mol. The van der Waals surface area contributed by atoms with Crippen LogP contribution in [-0.2, 0) is 4.79 Å². The van der Waals surface area contributed by atoms with Crippen LogP contribution in [0, 0.1) is 0 Å². The molecule has 0 unspecified atom stereocenters. The molecule has 0 saturated carbocycles. The molecule has 0 spiro atoms. The van der Waals surface area contributed by atoms with Gasteiger partial charge in [-0.2, -0.15) is 0 Å². The van der Waals surface area contributed by atoms with E-state index >= 15 is 0 Å². The third-order valence-electron chi connectivity index (χ3n) is 2.47. The van der Waals surface area contributed by atoms with Gasteiger partial charge >= 0.3 is 5.97 Å². The van der Waals surface area contributed by atoms with Gasteiger partial charge in [-0.25, -0.2) is 4.79 Å². The van der Waals surface area contributed by atoms with Crippen LogP contribution in [0.3, 0.4) is 0 Å². The Kier molecular flexibility index (Phi) is 3.01. The Hall–Kier alpha value is -2.09. The van der Waals surface area contributed by atoms with Gasteiger partial charge in [0.25, 0.3) is 0 Å². The van der Waals surface area contributed by atoms with Crippen LogP contribution in [0.15, 0.2) is 60.2 Å². The summed E-state index contributed by atoms with van der Waals surface area (Å²) in [5.74, 6) is -0.876. The second-order valence-electron chi connectivity index (χ2n) is 3.56. The van der Waals surface area contributed by atoms with E-state index in [2.05, 4.69) is 0 Å². The highest BCUT2D eigenvalue weighted by atomic mass is 16.4. The maximum Gasteiger partial charge on any atom is 0.335 e. The van der Waals surface area contributed by atoms with Crippen molar-refractivity contribution in [2.75, 3.05) is 0 Å². The number of carboxylic acids is 1. The minimum Gasteiger partial charge on any atom is -0.478 e. The molecule has 2 nitrogen and oxygen atoms in total. The first-order valence-corrected chi connectivity index (χ1v) is 5.14. The van der Waals surface area contributed by atoms with Crippen LogP contribution in [0.25, 0.3) is 5.57 Å². The summed E-state index contributed by atoms with van der Waals surface area (Å²) in [6, 6.07) is 9.94. The number of carboxylic acid groups (broad SMARTS) is 1. The van der Waals surface area contributed by atoms with Gasteiger partial charge in [0.05, 0.1) is 5.57 Å². The topological polar surface area (TPSA) is 37.3 Å². The quantitative estimate of drug-likeness (QED) is 0.818. The Balaban J connectivity index is 2.26. The Morgan fingerprint density at radius 2 is 1.81 bits per heavy atom. The molecule has 1 N–H and O–H groups in total. The van der Waals surface area contributed by atoms with E-state index in [-0.39, 0.29) is 0 Å². The second-order valence-corrected chi connectivity index (χ2v) is 3.56. The van der Waals surface area contributed by atoms with Crippen LogP contribution < -0.4 is 0 Å². The van der Waals surface area contributed by atoms with Crippen molar-refractivity contribution in [1.29, 1.82) is 0 Å². The summed E-state index contributed by atoms with van der Waals surface area (Å²) in [6.45, 7) is 0. The summed E-state index contributed by atoms with van der Waals surface area (Å²) in [5, 5.41) is 8.88. The average molecular weight is 212 g/mol. The van der Waals surface area contributed by atoms with Gasteiger partial charge in [0.2, 0.25) is 0 Å². The normalized spacial score (nSPS) is 15.0. The lowest BCUT2D eigenvalue weighted by molar-refractivity contribution is -0.132. The lowest BCUT2D eigenvalue weighted by Gasteiger charge is -2.00. The van der Waals surface area contributed by atoms with Crippen molar-refractivity contribution in [3.63, 3.8) is 0 Å². The molecule has 0 fully saturated rings. The first-order chi connectivity index (χ1) is 7.77. The summed E-state index contributed by atoms with van der Waals surface area (Å²) >= 11 is 0. The molecule has 0 radical (unpaired) electrons. The molecule has 0 bridgehead atoms. The maximum atomic E-state index is 10.8. The number of carbonyl (C=O) groups is 1. The summed E-state index contributed by atoms with van der Waals surface area (Å²) in [7, 11) is 0. The highest BCUT2D eigenvalue weighted by Gasteiger charge is 2.05. The predicted molar refractivity (Wildman–Crippen MR) is 63.9 cm³/mol. The first-order valence-electron chi connectivity index (χ1n) is 5.14. The van der Waals surface area contributed by atoms with E-state index in [1.54, 1.807) is 12.2 Å². The molecule has 2 rings (SSSR count). The minimum absolute atomic E-state index is 0.349. The number of hydrogen-bond donors (Lipinski definition) is 1. The van der Waals surface area contributed by atoms with Crippen LogP contribution in [0.4, 0.5) is 0 Å². The van der Waals surface area contributed by atoms with Crippen molar-refractivity contribution in [2.45, 2.75) is 6.42 Å². The zero-order chi connectivity index (χ0) is 11.4. The van der Waals surface area contributed by atoms with Crippen LogP contribution in [0.1, 0.15) is 12.0 Å². The number of rotatable bonds is 2. The van der Waals surface area contributed by atoms with E-state index in [0.717, 1.165) is 11.1 Å². The lowest BCUT2D eigenvalue weighted by atomic mass is 10.1. The predicted octanol–water partition coefficient (Wildman–Crippen LogP) is 3.04. The summed E-state index contributed by atoms with van der Waals surface area (Å²) in [4.78, 5) is 10.8. The minimum atomic E-state index is -0.876. The molecule has 1 aromatic rings. The Bertz CT molecular complexity index is 479.